The lowest BCUT2D eigenvalue weighted by Crippen LogP contribution is -2.07. The van der Waals surface area contributed by atoms with Gasteiger partial charge in [-0.15, -0.1) is 0 Å². The van der Waals surface area contributed by atoms with Gasteiger partial charge in [-0.1, -0.05) is 31.9 Å². The molecule has 1 aromatic heterocycles. The molecule has 204 valence electrons. The zero-order valence-electron chi connectivity index (χ0n) is 21.5. The van der Waals surface area contributed by atoms with E-state index in [9.17, 15) is 18.7 Å². The van der Waals surface area contributed by atoms with E-state index in [2.05, 4.69) is 5.10 Å². The molecule has 1 fully saturated rings. The summed E-state index contributed by atoms with van der Waals surface area (Å²) >= 11 is 0. The number of aliphatic hydroxyl groups is 1. The van der Waals surface area contributed by atoms with Gasteiger partial charge >= 0.3 is 5.97 Å². The summed E-state index contributed by atoms with van der Waals surface area (Å²) in [5, 5.41) is 23.1. The number of halogens is 3. The molecule has 0 spiro atoms. The molecule has 4 aromatic rings. The Kier molecular flexibility index (Phi) is 7.61. The van der Waals surface area contributed by atoms with E-state index in [-0.39, 0.29) is 41.6 Å². The van der Waals surface area contributed by atoms with Crippen LogP contribution in [-0.4, -0.2) is 26.0 Å². The van der Waals surface area contributed by atoms with Gasteiger partial charge in [-0.25, -0.2) is 13.2 Å². The van der Waals surface area contributed by atoms with Gasteiger partial charge in [-0.2, -0.15) is 5.10 Å². The number of rotatable bonds is 9. The fourth-order valence-corrected chi connectivity index (χ4v) is 5.32. The molecular formula is C30H29F3N2O4. The molecular weight excluding hydrogens is 509 g/mol. The Morgan fingerprint density at radius 2 is 1.72 bits per heavy atom. The third-order valence-electron chi connectivity index (χ3n) is 7.40. The maximum atomic E-state index is 15.6. The molecule has 6 nitrogen and oxygen atoms in total. The van der Waals surface area contributed by atoms with Gasteiger partial charge in [-0.05, 0) is 66.3 Å². The van der Waals surface area contributed by atoms with Crippen molar-refractivity contribution in [3.05, 3.63) is 82.7 Å². The van der Waals surface area contributed by atoms with Crippen LogP contribution < -0.4 is 4.74 Å². The number of fused-ring (bicyclic) bond motifs is 1. The van der Waals surface area contributed by atoms with Crippen LogP contribution in [0.5, 0.6) is 5.75 Å². The molecule has 0 unspecified atom stereocenters. The molecule has 0 aliphatic heterocycles. The molecule has 1 heterocycles. The molecule has 1 atom stereocenters. The number of hydrogen-bond acceptors (Lipinski definition) is 4. The quantitative estimate of drug-likeness (QED) is 0.243. The molecule has 39 heavy (non-hydrogen) atoms. The lowest BCUT2D eigenvalue weighted by molar-refractivity contribution is -0.137. The number of benzene rings is 3. The zero-order valence-corrected chi connectivity index (χ0v) is 21.5. The molecule has 2 N–H and O–H groups in total. The SMILES string of the molecule is C[C@@H](CC(=O)O)c1ccc(OCc2cc(F)c3c(-c4cc(F)c(CO)c(F)c4)nn(C4CCCC4)c3c2)cc1. The molecule has 0 saturated heterocycles. The van der Waals surface area contributed by atoms with Crippen LogP contribution in [0.3, 0.4) is 0 Å². The van der Waals surface area contributed by atoms with Crippen molar-refractivity contribution in [3.63, 3.8) is 0 Å². The maximum Gasteiger partial charge on any atom is 0.303 e. The van der Waals surface area contributed by atoms with Crippen LogP contribution in [0.4, 0.5) is 13.2 Å². The number of aliphatic carboxylic acids is 1. The predicted molar refractivity (Wildman–Crippen MR) is 140 cm³/mol. The highest BCUT2D eigenvalue weighted by atomic mass is 19.1. The summed E-state index contributed by atoms with van der Waals surface area (Å²) in [6.45, 7) is 1.14. The number of carboxylic acids is 1. The molecule has 3 aromatic carbocycles. The number of carboxylic acid groups (broad SMARTS) is 1. The summed E-state index contributed by atoms with van der Waals surface area (Å²) in [6, 6.07) is 12.5. The van der Waals surface area contributed by atoms with E-state index in [1.165, 1.54) is 6.07 Å². The van der Waals surface area contributed by atoms with Crippen molar-refractivity contribution < 1.29 is 32.9 Å². The van der Waals surface area contributed by atoms with Crippen LogP contribution in [0.15, 0.2) is 48.5 Å². The van der Waals surface area contributed by atoms with Gasteiger partial charge in [0.1, 0.15) is 35.5 Å². The lowest BCUT2D eigenvalue weighted by Gasteiger charge is -2.13. The third kappa shape index (κ3) is 5.49. The molecule has 5 rings (SSSR count). The minimum Gasteiger partial charge on any atom is -0.489 e. The van der Waals surface area contributed by atoms with E-state index in [0.29, 0.717) is 16.8 Å². The summed E-state index contributed by atoms with van der Waals surface area (Å²) in [6.07, 6.45) is 3.81. The molecule has 9 heteroatoms. The van der Waals surface area contributed by atoms with E-state index in [1.54, 1.807) is 22.9 Å². The monoisotopic (exact) mass is 538 g/mol. The summed E-state index contributed by atoms with van der Waals surface area (Å²) in [5.74, 6) is -2.84. The van der Waals surface area contributed by atoms with Gasteiger partial charge in [-0.3, -0.25) is 9.48 Å². The molecule has 1 aliphatic carbocycles. The van der Waals surface area contributed by atoms with Gasteiger partial charge in [0.05, 0.1) is 30.0 Å². The van der Waals surface area contributed by atoms with Gasteiger partial charge in [0, 0.05) is 11.1 Å². The van der Waals surface area contributed by atoms with Crippen molar-refractivity contribution >= 4 is 16.9 Å². The first-order valence-corrected chi connectivity index (χ1v) is 13.0. The second-order valence-corrected chi connectivity index (χ2v) is 10.1. The van der Waals surface area contributed by atoms with Gasteiger partial charge in [0.15, 0.2) is 0 Å². The molecule has 0 bridgehead atoms. The fraction of sp³-hybridized carbons (Fsp3) is 0.333. The number of carbonyl (C=O) groups is 1. The van der Waals surface area contributed by atoms with E-state index >= 15 is 4.39 Å². The minimum atomic E-state index is -0.912. The predicted octanol–water partition coefficient (Wildman–Crippen LogP) is 6.89. The maximum absolute atomic E-state index is 15.6. The van der Waals surface area contributed by atoms with Gasteiger partial charge in [0.2, 0.25) is 0 Å². The van der Waals surface area contributed by atoms with Gasteiger partial charge in [0.25, 0.3) is 0 Å². The Balaban J connectivity index is 1.47. The van der Waals surface area contributed by atoms with E-state index < -0.39 is 35.6 Å². The van der Waals surface area contributed by atoms with Crippen LogP contribution in [0.2, 0.25) is 0 Å². The molecule has 0 radical (unpaired) electrons. The molecule has 1 saturated carbocycles. The highest BCUT2D eigenvalue weighted by molar-refractivity contribution is 5.94. The normalized spacial score (nSPS) is 14.7. The number of hydrogen-bond donors (Lipinski definition) is 2. The average Bonchev–Trinajstić information content (AvgIpc) is 3.56. The van der Waals surface area contributed by atoms with Crippen molar-refractivity contribution in [1.82, 2.24) is 9.78 Å². The lowest BCUT2D eigenvalue weighted by atomic mass is 9.98. The highest BCUT2D eigenvalue weighted by Gasteiger charge is 2.25. The Bertz CT molecular complexity index is 1490. The molecule has 0 amide bonds. The first-order chi connectivity index (χ1) is 18.7. The van der Waals surface area contributed by atoms with Gasteiger partial charge < -0.3 is 14.9 Å². The van der Waals surface area contributed by atoms with Crippen LogP contribution in [0.1, 0.15) is 67.7 Å². The Labute approximate surface area is 223 Å². The van der Waals surface area contributed by atoms with E-state index in [1.807, 2.05) is 19.1 Å². The summed E-state index contributed by atoms with van der Waals surface area (Å²) in [4.78, 5) is 11.0. The first kappa shape index (κ1) is 26.7. The smallest absolute Gasteiger partial charge is 0.303 e. The van der Waals surface area contributed by atoms with Crippen LogP contribution in [0, 0.1) is 17.5 Å². The summed E-state index contributed by atoms with van der Waals surface area (Å²) in [7, 11) is 0. The van der Waals surface area contributed by atoms with Crippen LogP contribution in [-0.2, 0) is 18.0 Å². The van der Waals surface area contributed by atoms with Crippen molar-refractivity contribution in [2.24, 2.45) is 0 Å². The highest BCUT2D eigenvalue weighted by Crippen LogP contribution is 2.38. The zero-order chi connectivity index (χ0) is 27.7. The summed E-state index contributed by atoms with van der Waals surface area (Å²) in [5.41, 5.74) is 1.79. The van der Waals surface area contributed by atoms with Crippen molar-refractivity contribution in [1.29, 1.82) is 0 Å². The average molecular weight is 539 g/mol. The number of nitrogens with zero attached hydrogens (tertiary/aromatic N) is 2. The number of aromatic nitrogens is 2. The van der Waals surface area contributed by atoms with Crippen molar-refractivity contribution in [2.75, 3.05) is 0 Å². The Morgan fingerprint density at radius 1 is 1.05 bits per heavy atom. The fourth-order valence-electron chi connectivity index (χ4n) is 5.32. The largest absolute Gasteiger partial charge is 0.489 e. The number of aliphatic hydroxyl groups excluding tert-OH is 1. The topological polar surface area (TPSA) is 84.6 Å². The van der Waals surface area contributed by atoms with Crippen LogP contribution >= 0.6 is 0 Å². The Morgan fingerprint density at radius 3 is 2.33 bits per heavy atom. The van der Waals surface area contributed by atoms with E-state index in [0.717, 1.165) is 43.4 Å². The standard InChI is InChI=1S/C30H29F3N2O4/c1-17(10-28(37)38)19-6-8-22(9-7-19)39-16-18-11-26(33)29-27(12-18)35(21-4-2-3-5-21)34-30(29)20-13-24(31)23(15-36)25(32)14-20/h6-9,11-14,17,21,36H,2-5,10,15-16H2,1H3,(H,37,38)/t17-/m0/s1. The third-order valence-corrected chi connectivity index (χ3v) is 7.40. The number of ether oxygens (including phenoxy) is 1. The second kappa shape index (κ2) is 11.1. The molecule has 1 aliphatic rings. The summed E-state index contributed by atoms with van der Waals surface area (Å²) < 4.78 is 52.2. The van der Waals surface area contributed by atoms with E-state index in [4.69, 9.17) is 9.84 Å². The van der Waals surface area contributed by atoms with Crippen LogP contribution in [0.25, 0.3) is 22.2 Å². The van der Waals surface area contributed by atoms with Crippen molar-refractivity contribution in [2.45, 2.75) is 64.2 Å². The minimum absolute atomic E-state index is 0.0288. The van der Waals surface area contributed by atoms with Crippen molar-refractivity contribution in [3.8, 4) is 17.0 Å². The second-order valence-electron chi connectivity index (χ2n) is 10.1. The first-order valence-electron chi connectivity index (χ1n) is 13.0. The Hall–Kier alpha value is -3.85.